The summed E-state index contributed by atoms with van der Waals surface area (Å²) >= 11 is 1.67. The Hall–Kier alpha value is -1.65. The molecule has 0 saturated heterocycles. The summed E-state index contributed by atoms with van der Waals surface area (Å²) < 4.78 is 0. The highest BCUT2D eigenvalue weighted by Gasteiger charge is 2.17. The van der Waals surface area contributed by atoms with Crippen molar-refractivity contribution in [3.8, 4) is 0 Å². The van der Waals surface area contributed by atoms with E-state index < -0.39 is 0 Å². The lowest BCUT2D eigenvalue weighted by molar-refractivity contribution is -0.121. The number of carbonyl (C=O) groups is 1. The van der Waals surface area contributed by atoms with Crippen LogP contribution in [0.15, 0.2) is 41.8 Å². The number of amides is 1. The van der Waals surface area contributed by atoms with Gasteiger partial charge in [0.05, 0.1) is 6.04 Å². The summed E-state index contributed by atoms with van der Waals surface area (Å²) in [6.07, 6.45) is 4.73. The minimum atomic E-state index is -0.0690. The predicted octanol–water partition coefficient (Wildman–Crippen LogP) is 4.04. The van der Waals surface area contributed by atoms with Crippen LogP contribution in [-0.2, 0) is 11.2 Å². The highest BCUT2D eigenvalue weighted by atomic mass is 32.1. The molecular formula is C19H26N2OS. The molecule has 1 unspecified atom stereocenters. The number of unbranched alkanes of at least 4 members (excludes halogenated alkanes) is 1. The fraction of sp³-hybridized carbons (Fsp3) is 0.421. The van der Waals surface area contributed by atoms with Gasteiger partial charge in [-0.15, -0.1) is 11.3 Å². The number of nitrogens with two attached hydrogens (primary N) is 1. The third-order valence-corrected chi connectivity index (χ3v) is 4.81. The van der Waals surface area contributed by atoms with Gasteiger partial charge in [0.2, 0.25) is 5.91 Å². The van der Waals surface area contributed by atoms with Gasteiger partial charge >= 0.3 is 0 Å². The fourth-order valence-electron chi connectivity index (χ4n) is 2.53. The first-order valence-corrected chi connectivity index (χ1v) is 9.24. The maximum Gasteiger partial charge on any atom is 0.220 e. The molecule has 1 aromatic heterocycles. The molecule has 3 nitrogen and oxygen atoms in total. The SMILES string of the molecule is CCCCc1ccc(C(NC(=O)CCCN)c2cccs2)cc1. The van der Waals surface area contributed by atoms with Crippen LogP contribution < -0.4 is 11.1 Å². The average Bonchev–Trinajstić information content (AvgIpc) is 3.11. The number of aryl methyl sites for hydroxylation is 1. The second-order valence-electron chi connectivity index (χ2n) is 5.75. The Morgan fingerprint density at radius 1 is 1.22 bits per heavy atom. The molecule has 0 saturated carbocycles. The monoisotopic (exact) mass is 330 g/mol. The van der Waals surface area contributed by atoms with Crippen LogP contribution in [0.3, 0.4) is 0 Å². The second kappa shape index (κ2) is 9.48. The lowest BCUT2D eigenvalue weighted by atomic mass is 10.0. The van der Waals surface area contributed by atoms with E-state index in [1.807, 2.05) is 11.4 Å². The number of rotatable bonds is 9. The van der Waals surface area contributed by atoms with Gasteiger partial charge in [-0.25, -0.2) is 0 Å². The van der Waals surface area contributed by atoms with Crippen molar-refractivity contribution in [2.45, 2.75) is 45.1 Å². The first kappa shape index (κ1) is 17.7. The first-order valence-electron chi connectivity index (χ1n) is 8.36. The van der Waals surface area contributed by atoms with Gasteiger partial charge in [-0.1, -0.05) is 43.7 Å². The number of benzene rings is 1. The highest BCUT2D eigenvalue weighted by Crippen LogP contribution is 2.26. The molecule has 0 aliphatic rings. The first-order chi connectivity index (χ1) is 11.2. The minimum absolute atomic E-state index is 0.0592. The zero-order chi connectivity index (χ0) is 16.5. The van der Waals surface area contributed by atoms with E-state index >= 15 is 0 Å². The van der Waals surface area contributed by atoms with Crippen molar-refractivity contribution >= 4 is 17.2 Å². The molecule has 4 heteroatoms. The van der Waals surface area contributed by atoms with Crippen LogP contribution in [0.25, 0.3) is 0 Å². The van der Waals surface area contributed by atoms with Crippen LogP contribution in [0.1, 0.15) is 54.7 Å². The third-order valence-electron chi connectivity index (χ3n) is 3.87. The zero-order valence-electron chi connectivity index (χ0n) is 13.8. The molecule has 23 heavy (non-hydrogen) atoms. The van der Waals surface area contributed by atoms with E-state index in [0.717, 1.165) is 23.3 Å². The average molecular weight is 330 g/mol. The summed E-state index contributed by atoms with van der Waals surface area (Å²) in [5.74, 6) is 0.0592. The van der Waals surface area contributed by atoms with Gasteiger partial charge in [-0.3, -0.25) is 4.79 Å². The molecule has 0 fully saturated rings. The molecule has 2 aromatic rings. The number of thiophene rings is 1. The van der Waals surface area contributed by atoms with Crippen molar-refractivity contribution in [3.63, 3.8) is 0 Å². The molecule has 0 spiro atoms. The summed E-state index contributed by atoms with van der Waals surface area (Å²) in [6, 6.07) is 12.7. The third kappa shape index (κ3) is 5.48. The lowest BCUT2D eigenvalue weighted by Gasteiger charge is -2.18. The van der Waals surface area contributed by atoms with E-state index in [-0.39, 0.29) is 11.9 Å². The number of nitrogens with one attached hydrogen (secondary N) is 1. The molecule has 0 bridgehead atoms. The fourth-order valence-corrected chi connectivity index (χ4v) is 3.33. The summed E-state index contributed by atoms with van der Waals surface area (Å²) in [6.45, 7) is 2.75. The van der Waals surface area contributed by atoms with Crippen LogP contribution in [0.5, 0.6) is 0 Å². The molecule has 0 radical (unpaired) electrons. The number of hydrogen-bond acceptors (Lipinski definition) is 3. The molecule has 0 aliphatic heterocycles. The molecule has 2 rings (SSSR count). The van der Waals surface area contributed by atoms with Gasteiger partial charge in [-0.05, 0) is 48.4 Å². The number of hydrogen-bond donors (Lipinski definition) is 2. The zero-order valence-corrected chi connectivity index (χ0v) is 14.6. The van der Waals surface area contributed by atoms with E-state index in [1.54, 1.807) is 11.3 Å². The van der Waals surface area contributed by atoms with Crippen LogP contribution in [-0.4, -0.2) is 12.5 Å². The molecule has 1 aromatic carbocycles. The normalized spacial score (nSPS) is 12.1. The standard InChI is InChI=1S/C19H26N2OS/c1-2-3-6-15-9-11-16(12-10-15)19(17-7-5-14-23-17)21-18(22)8-4-13-20/h5,7,9-12,14,19H,2-4,6,8,13,20H2,1H3,(H,21,22). The topological polar surface area (TPSA) is 55.1 Å². The van der Waals surface area contributed by atoms with Crippen molar-refractivity contribution in [2.24, 2.45) is 5.73 Å². The summed E-state index contributed by atoms with van der Waals surface area (Å²) in [7, 11) is 0. The smallest absolute Gasteiger partial charge is 0.220 e. The summed E-state index contributed by atoms with van der Waals surface area (Å²) in [4.78, 5) is 13.3. The Kier molecular flexibility index (Phi) is 7.30. The van der Waals surface area contributed by atoms with E-state index in [0.29, 0.717) is 13.0 Å². The van der Waals surface area contributed by atoms with Crippen LogP contribution >= 0.6 is 11.3 Å². The van der Waals surface area contributed by atoms with E-state index in [1.165, 1.54) is 18.4 Å². The molecular weight excluding hydrogens is 304 g/mol. The molecule has 1 heterocycles. The minimum Gasteiger partial charge on any atom is -0.344 e. The van der Waals surface area contributed by atoms with Crippen LogP contribution in [0, 0.1) is 0 Å². The predicted molar refractivity (Wildman–Crippen MR) is 97.6 cm³/mol. The summed E-state index contributed by atoms with van der Waals surface area (Å²) in [5, 5.41) is 5.19. The second-order valence-corrected chi connectivity index (χ2v) is 6.73. The molecule has 3 N–H and O–H groups in total. The molecule has 1 amide bonds. The van der Waals surface area contributed by atoms with Gasteiger partial charge in [0, 0.05) is 11.3 Å². The Morgan fingerprint density at radius 3 is 2.61 bits per heavy atom. The van der Waals surface area contributed by atoms with E-state index in [2.05, 4.69) is 42.6 Å². The van der Waals surface area contributed by atoms with Gasteiger partial charge in [-0.2, -0.15) is 0 Å². The van der Waals surface area contributed by atoms with Crippen molar-refractivity contribution < 1.29 is 4.79 Å². The molecule has 124 valence electrons. The Labute approximate surface area is 142 Å². The van der Waals surface area contributed by atoms with E-state index in [9.17, 15) is 4.79 Å². The maximum atomic E-state index is 12.1. The largest absolute Gasteiger partial charge is 0.344 e. The van der Waals surface area contributed by atoms with Crippen LogP contribution in [0.4, 0.5) is 0 Å². The number of carbonyl (C=O) groups excluding carboxylic acids is 1. The highest BCUT2D eigenvalue weighted by molar-refractivity contribution is 7.10. The maximum absolute atomic E-state index is 12.1. The van der Waals surface area contributed by atoms with E-state index in [4.69, 9.17) is 5.73 Å². The summed E-state index contributed by atoms with van der Waals surface area (Å²) in [5.41, 5.74) is 7.98. The van der Waals surface area contributed by atoms with Crippen molar-refractivity contribution in [1.82, 2.24) is 5.32 Å². The van der Waals surface area contributed by atoms with Gasteiger partial charge in [0.1, 0.15) is 0 Å². The van der Waals surface area contributed by atoms with Gasteiger partial charge < -0.3 is 11.1 Å². The lowest BCUT2D eigenvalue weighted by Crippen LogP contribution is -2.29. The van der Waals surface area contributed by atoms with Crippen molar-refractivity contribution in [3.05, 3.63) is 57.8 Å². The quantitative estimate of drug-likeness (QED) is 0.729. The Bertz CT molecular complexity index is 578. The molecule has 0 aliphatic carbocycles. The molecule has 1 atom stereocenters. The van der Waals surface area contributed by atoms with Crippen molar-refractivity contribution in [1.29, 1.82) is 0 Å². The van der Waals surface area contributed by atoms with Gasteiger partial charge in [0.25, 0.3) is 0 Å². The Balaban J connectivity index is 2.12. The Morgan fingerprint density at radius 2 is 2.00 bits per heavy atom. The van der Waals surface area contributed by atoms with Gasteiger partial charge in [0.15, 0.2) is 0 Å². The van der Waals surface area contributed by atoms with Crippen molar-refractivity contribution in [2.75, 3.05) is 6.54 Å². The van der Waals surface area contributed by atoms with Crippen LogP contribution in [0.2, 0.25) is 0 Å².